The van der Waals surface area contributed by atoms with Crippen LogP contribution >= 0.6 is 0 Å². The van der Waals surface area contributed by atoms with Crippen molar-refractivity contribution in [1.29, 1.82) is 0 Å². The minimum atomic E-state index is -2.71. The van der Waals surface area contributed by atoms with Crippen molar-refractivity contribution in [2.24, 2.45) is 17.6 Å². The second-order valence-corrected chi connectivity index (χ2v) is 12.7. The predicted octanol–water partition coefficient (Wildman–Crippen LogP) is 1.41. The van der Waals surface area contributed by atoms with Gasteiger partial charge in [0.1, 0.15) is 22.8 Å². The number of anilines is 1. The molecule has 3 aliphatic rings. The lowest BCUT2D eigenvalue weighted by atomic mass is 9.57. The number of ketones is 2. The largest absolute Gasteiger partial charge is 0.508 e. The van der Waals surface area contributed by atoms with E-state index in [0.717, 1.165) is 0 Å². The first-order chi connectivity index (χ1) is 19.4. The Kier molecular flexibility index (Phi) is 7.81. The molecule has 0 saturated heterocycles. The molecule has 0 radical (unpaired) electrons. The molecule has 4 unspecified atom stereocenters. The van der Waals surface area contributed by atoms with E-state index < -0.39 is 69.8 Å². The summed E-state index contributed by atoms with van der Waals surface area (Å²) in [5.41, 5.74) is 1.66. The van der Waals surface area contributed by atoms with Gasteiger partial charge < -0.3 is 31.5 Å². The maximum absolute atomic E-state index is 14.0. The molecule has 7 N–H and O–H groups in total. The summed E-state index contributed by atoms with van der Waals surface area (Å²) in [5.74, 6) is -7.58. The first kappa shape index (κ1) is 31.2. The van der Waals surface area contributed by atoms with Gasteiger partial charge in [-0.25, -0.2) is 0 Å². The number of rotatable bonds is 6. The van der Waals surface area contributed by atoms with Crippen molar-refractivity contribution in [2.45, 2.75) is 70.2 Å². The fourth-order valence-electron chi connectivity index (χ4n) is 6.64. The predicted molar refractivity (Wildman–Crippen MR) is 154 cm³/mol. The number of primary amides is 1. The number of aliphatic hydroxyl groups excluding tert-OH is 2. The molecule has 0 aliphatic heterocycles. The average molecular weight is 585 g/mol. The Morgan fingerprint density at radius 2 is 1.76 bits per heavy atom. The van der Waals surface area contributed by atoms with Gasteiger partial charge in [0.15, 0.2) is 11.4 Å². The highest BCUT2D eigenvalue weighted by atomic mass is 16.3. The monoisotopic (exact) mass is 584 g/mol. The molecule has 0 aromatic heterocycles. The molecule has 12 heteroatoms. The second-order valence-electron chi connectivity index (χ2n) is 12.7. The number of nitrogens with zero attached hydrogens (tertiary/aromatic N) is 2. The number of nitrogens with one attached hydrogen (secondary N) is 1. The number of hydrogen-bond donors (Lipinski definition) is 6. The van der Waals surface area contributed by atoms with E-state index in [1.807, 2.05) is 39.6 Å². The number of nitrogens with two attached hydrogens (primary N) is 1. The summed E-state index contributed by atoms with van der Waals surface area (Å²) >= 11 is 0. The molecule has 4 rings (SSSR count). The summed E-state index contributed by atoms with van der Waals surface area (Å²) in [6, 6.07) is 1.49. The molecule has 3 aliphatic carbocycles. The van der Waals surface area contributed by atoms with Crippen LogP contribution in [0.15, 0.2) is 29.0 Å². The van der Waals surface area contributed by atoms with Gasteiger partial charge >= 0.3 is 0 Å². The Balaban J connectivity index is 1.80. The summed E-state index contributed by atoms with van der Waals surface area (Å²) < 4.78 is 0. The van der Waals surface area contributed by atoms with E-state index in [9.17, 15) is 39.6 Å². The topological polar surface area (TPSA) is 194 Å². The quantitative estimate of drug-likeness (QED) is 0.210. The third-order valence-electron chi connectivity index (χ3n) is 9.07. The number of carbonyl (C=O) groups is 4. The van der Waals surface area contributed by atoms with Crippen molar-refractivity contribution in [2.75, 3.05) is 26.5 Å². The molecule has 1 fully saturated rings. The molecule has 12 nitrogen and oxygen atoms in total. The van der Waals surface area contributed by atoms with Crippen molar-refractivity contribution >= 4 is 34.8 Å². The Hall–Kier alpha value is -3.74. The second kappa shape index (κ2) is 10.5. The Morgan fingerprint density at radius 3 is 2.29 bits per heavy atom. The lowest BCUT2D eigenvalue weighted by Crippen LogP contribution is -2.65. The van der Waals surface area contributed by atoms with Crippen LogP contribution in [0, 0.1) is 11.8 Å². The van der Waals surface area contributed by atoms with Gasteiger partial charge in [-0.1, -0.05) is 13.0 Å². The van der Waals surface area contributed by atoms with Crippen LogP contribution in [0.5, 0.6) is 5.75 Å². The van der Waals surface area contributed by atoms with Gasteiger partial charge in [-0.3, -0.25) is 29.0 Å². The number of phenols is 1. The van der Waals surface area contributed by atoms with E-state index in [1.165, 1.54) is 11.0 Å². The molecule has 0 spiro atoms. The Labute approximate surface area is 244 Å². The number of aliphatic hydroxyl groups is 3. The van der Waals surface area contributed by atoms with E-state index >= 15 is 0 Å². The number of likely N-dealkylation sites (N-methyl/N-ethyl adjacent to an activating group) is 2. The summed E-state index contributed by atoms with van der Waals surface area (Å²) in [7, 11) is 4.92. The van der Waals surface area contributed by atoms with Crippen LogP contribution in [-0.2, 0) is 25.6 Å². The summed E-state index contributed by atoms with van der Waals surface area (Å²) in [4.78, 5) is 55.8. The number of aromatic hydroxyl groups is 1. The minimum absolute atomic E-state index is 0.00231. The normalized spacial score (nSPS) is 26.7. The third-order valence-corrected chi connectivity index (χ3v) is 9.07. The van der Waals surface area contributed by atoms with Gasteiger partial charge in [0.2, 0.25) is 11.7 Å². The fraction of sp³-hybridized carbons (Fsp3) is 0.533. The van der Waals surface area contributed by atoms with Crippen LogP contribution in [-0.4, -0.2) is 98.0 Å². The average Bonchev–Trinajstić information content (AvgIpc) is 2.87. The highest BCUT2D eigenvalue weighted by Gasteiger charge is 2.64. The maximum Gasteiger partial charge on any atom is 0.255 e. The van der Waals surface area contributed by atoms with Gasteiger partial charge in [0.05, 0.1) is 23.3 Å². The van der Waals surface area contributed by atoms with Crippen molar-refractivity contribution < 1.29 is 39.6 Å². The summed E-state index contributed by atoms with van der Waals surface area (Å²) in [5, 5.41) is 48.0. The van der Waals surface area contributed by atoms with Gasteiger partial charge in [-0.15, -0.1) is 0 Å². The molecular weight excluding hydrogens is 544 g/mol. The zero-order valence-corrected chi connectivity index (χ0v) is 25.0. The molecule has 1 saturated carbocycles. The number of carbonyl (C=O) groups excluding carboxylic acids is 4. The molecule has 5 atom stereocenters. The van der Waals surface area contributed by atoms with Crippen LogP contribution in [0.1, 0.15) is 51.7 Å². The molecular formula is C30H40N4O8. The van der Waals surface area contributed by atoms with Crippen LogP contribution in [0.4, 0.5) is 5.69 Å². The van der Waals surface area contributed by atoms with Gasteiger partial charge in [0.25, 0.3) is 5.91 Å². The van der Waals surface area contributed by atoms with Crippen LogP contribution in [0.3, 0.4) is 0 Å². The van der Waals surface area contributed by atoms with Crippen LogP contribution in [0.25, 0.3) is 5.76 Å². The summed E-state index contributed by atoms with van der Waals surface area (Å²) in [6.45, 7) is 7.79. The maximum atomic E-state index is 14.0. The Morgan fingerprint density at radius 1 is 1.14 bits per heavy atom. The zero-order chi connectivity index (χ0) is 31.6. The number of Topliss-reactive ketones (excluding diaryl/α,β-unsaturated/α-hetero) is 2. The van der Waals surface area contributed by atoms with Gasteiger partial charge in [0, 0.05) is 17.0 Å². The van der Waals surface area contributed by atoms with E-state index in [0.29, 0.717) is 12.0 Å². The molecule has 2 amide bonds. The SMILES string of the molecule is CCC(C(=O)Nc1ccc2c(c1O)C(O)=C1C(=O)C3(O)C(O)=C(C(N)=O)C(=O)[C@@H](N(C)C)C3CC1C2)N(C)C(C)(C)C. The van der Waals surface area contributed by atoms with Crippen molar-refractivity contribution in [3.8, 4) is 5.75 Å². The van der Waals surface area contributed by atoms with E-state index in [4.69, 9.17) is 5.73 Å². The minimum Gasteiger partial charge on any atom is -0.508 e. The van der Waals surface area contributed by atoms with Crippen LogP contribution < -0.4 is 11.1 Å². The zero-order valence-electron chi connectivity index (χ0n) is 25.0. The Bertz CT molecular complexity index is 1440. The lowest BCUT2D eigenvalue weighted by molar-refractivity contribution is -0.153. The molecule has 1 aromatic carbocycles. The molecule has 42 heavy (non-hydrogen) atoms. The molecule has 0 heterocycles. The lowest BCUT2D eigenvalue weighted by Gasteiger charge is -2.50. The molecule has 0 bridgehead atoms. The standard InChI is InChI=1S/C30H40N4O8/c1-8-17(34(7)29(2,3)4)28(41)32-16-10-9-13-11-14-12-15-21(33(5)6)24(37)20(27(31)40)26(39)30(15,42)25(38)19(14)23(36)18(13)22(16)35/h9-10,14-15,17,21,35-36,39,42H,8,11-12H2,1-7H3,(H2,31,40)(H,32,41)/t14?,15?,17?,21-,30?/m0/s1. The highest BCUT2D eigenvalue weighted by molar-refractivity contribution is 6.24. The van der Waals surface area contributed by atoms with E-state index in [-0.39, 0.29) is 41.1 Å². The molecule has 1 aromatic rings. The number of fused-ring (bicyclic) bond motifs is 3. The van der Waals surface area contributed by atoms with E-state index in [2.05, 4.69) is 5.32 Å². The first-order valence-corrected chi connectivity index (χ1v) is 13.9. The van der Waals surface area contributed by atoms with Crippen LogP contribution in [0.2, 0.25) is 0 Å². The van der Waals surface area contributed by atoms with Crippen molar-refractivity contribution in [1.82, 2.24) is 9.80 Å². The number of hydrogen-bond acceptors (Lipinski definition) is 10. The molecule has 228 valence electrons. The van der Waals surface area contributed by atoms with Gasteiger partial charge in [-0.2, -0.15) is 0 Å². The third kappa shape index (κ3) is 4.58. The van der Waals surface area contributed by atoms with Crippen molar-refractivity contribution in [3.05, 3.63) is 40.2 Å². The number of phenolic OH excluding ortho intramolecular Hbond substituents is 1. The summed E-state index contributed by atoms with van der Waals surface area (Å²) in [6.07, 6.45) is 0.667. The smallest absolute Gasteiger partial charge is 0.255 e. The first-order valence-electron chi connectivity index (χ1n) is 13.9. The number of benzene rings is 1. The van der Waals surface area contributed by atoms with E-state index in [1.54, 1.807) is 20.2 Å². The number of amides is 2. The highest BCUT2D eigenvalue weighted by Crippen LogP contribution is 2.53. The van der Waals surface area contributed by atoms with Crippen molar-refractivity contribution in [3.63, 3.8) is 0 Å². The fourth-order valence-corrected chi connectivity index (χ4v) is 6.64. The van der Waals surface area contributed by atoms with Gasteiger partial charge in [-0.05, 0) is 78.7 Å².